The van der Waals surface area contributed by atoms with Gasteiger partial charge in [0.15, 0.2) is 5.60 Å². The van der Waals surface area contributed by atoms with Gasteiger partial charge in [-0.25, -0.2) is 4.79 Å². The molecule has 1 fully saturated rings. The molecule has 12 heteroatoms. The third kappa shape index (κ3) is 7.22. The molecule has 9 nitrogen and oxygen atoms in total. The molecular formula is C34H31F3N4O5. The molecule has 0 aliphatic heterocycles. The summed E-state index contributed by atoms with van der Waals surface area (Å²) in [4.78, 5) is 17.8. The fourth-order valence-electron chi connectivity index (χ4n) is 4.85. The molecule has 1 aliphatic carbocycles. The van der Waals surface area contributed by atoms with Gasteiger partial charge in [-0.15, -0.1) is 0 Å². The first-order valence-corrected chi connectivity index (χ1v) is 14.8. The molecule has 0 bridgehead atoms. The molecule has 1 aliphatic rings. The minimum atomic E-state index is -4.51. The SMILES string of the molecule is CC(C)(Oc1ccc(CCN(Cc2ccc(-c3cc(C4CC4)on3)cc2)c2noc(-c3cccc(C(F)(F)F)c3)n2)cc1)C(=O)O. The Morgan fingerprint density at radius 2 is 1.65 bits per heavy atom. The first-order valence-electron chi connectivity index (χ1n) is 14.8. The highest BCUT2D eigenvalue weighted by atomic mass is 19.4. The highest BCUT2D eigenvalue weighted by molar-refractivity contribution is 5.76. The standard InChI is InChI=1S/C34H31F3N4O5/c1-33(2,31(42)43)44-27-14-8-21(9-15-27)16-17-41(32-38-30(46-40-32)25-4-3-5-26(18-25)34(35,36)37)20-22-6-10-23(11-7-22)28-19-29(45-39-28)24-12-13-24/h3-11,14-15,18-19,24H,12-13,16-17,20H2,1-2H3,(H,42,43). The van der Waals surface area contributed by atoms with E-state index in [4.69, 9.17) is 13.8 Å². The van der Waals surface area contributed by atoms with Gasteiger partial charge in [-0.3, -0.25) is 0 Å². The van der Waals surface area contributed by atoms with Crippen molar-refractivity contribution in [1.29, 1.82) is 0 Å². The second-order valence-electron chi connectivity index (χ2n) is 11.8. The number of carbonyl (C=O) groups is 1. The number of carboxylic acids is 1. The normalized spacial score (nSPS) is 13.5. The number of aromatic nitrogens is 3. The van der Waals surface area contributed by atoms with Crippen molar-refractivity contribution in [1.82, 2.24) is 15.3 Å². The Hall–Kier alpha value is -5.13. The minimum Gasteiger partial charge on any atom is -0.478 e. The van der Waals surface area contributed by atoms with Crippen molar-refractivity contribution in [2.75, 3.05) is 11.4 Å². The molecule has 238 valence electrons. The molecule has 2 heterocycles. The minimum absolute atomic E-state index is 0.0264. The summed E-state index contributed by atoms with van der Waals surface area (Å²) in [6.45, 7) is 3.78. The quantitative estimate of drug-likeness (QED) is 0.147. The van der Waals surface area contributed by atoms with Crippen LogP contribution in [0.15, 0.2) is 87.9 Å². The maximum Gasteiger partial charge on any atom is 0.416 e. The Morgan fingerprint density at radius 3 is 2.33 bits per heavy atom. The number of nitrogens with zero attached hydrogens (tertiary/aromatic N) is 4. The van der Waals surface area contributed by atoms with Gasteiger partial charge >= 0.3 is 12.1 Å². The van der Waals surface area contributed by atoms with E-state index in [0.29, 0.717) is 31.2 Å². The predicted octanol–water partition coefficient (Wildman–Crippen LogP) is 7.78. The summed E-state index contributed by atoms with van der Waals surface area (Å²) in [5.74, 6) is 0.920. The first-order chi connectivity index (χ1) is 21.9. The Bertz CT molecular complexity index is 1810. The van der Waals surface area contributed by atoms with Crippen molar-refractivity contribution >= 4 is 11.9 Å². The monoisotopic (exact) mass is 632 g/mol. The van der Waals surface area contributed by atoms with E-state index in [2.05, 4.69) is 15.3 Å². The van der Waals surface area contributed by atoms with E-state index < -0.39 is 23.3 Å². The van der Waals surface area contributed by atoms with Crippen LogP contribution in [0.4, 0.5) is 19.1 Å². The summed E-state index contributed by atoms with van der Waals surface area (Å²) in [6, 6.07) is 21.7. The van der Waals surface area contributed by atoms with Crippen molar-refractivity contribution in [3.63, 3.8) is 0 Å². The number of hydrogen-bond donors (Lipinski definition) is 1. The van der Waals surface area contributed by atoms with Crippen molar-refractivity contribution in [2.24, 2.45) is 0 Å². The lowest BCUT2D eigenvalue weighted by atomic mass is 10.1. The molecule has 0 spiro atoms. The number of aliphatic carboxylic acids is 1. The van der Waals surface area contributed by atoms with Crippen LogP contribution in [0.2, 0.25) is 0 Å². The van der Waals surface area contributed by atoms with E-state index in [9.17, 15) is 23.1 Å². The van der Waals surface area contributed by atoms with Gasteiger partial charge in [0.2, 0.25) is 0 Å². The highest BCUT2D eigenvalue weighted by Crippen LogP contribution is 2.41. The maximum atomic E-state index is 13.3. The number of anilines is 1. The van der Waals surface area contributed by atoms with Gasteiger partial charge in [0.05, 0.1) is 5.56 Å². The molecule has 0 saturated heterocycles. The predicted molar refractivity (Wildman–Crippen MR) is 162 cm³/mol. The number of benzene rings is 3. The van der Waals surface area contributed by atoms with Gasteiger partial charge in [0.1, 0.15) is 17.2 Å². The number of ether oxygens (including phenoxy) is 1. The van der Waals surface area contributed by atoms with Crippen LogP contribution in [-0.4, -0.2) is 38.5 Å². The van der Waals surface area contributed by atoms with Gasteiger partial charge in [-0.1, -0.05) is 47.6 Å². The van der Waals surface area contributed by atoms with Crippen LogP contribution < -0.4 is 9.64 Å². The van der Waals surface area contributed by atoms with E-state index in [1.165, 1.54) is 26.0 Å². The molecule has 6 rings (SSSR count). The average molecular weight is 633 g/mol. The smallest absolute Gasteiger partial charge is 0.416 e. The van der Waals surface area contributed by atoms with Gasteiger partial charge < -0.3 is 23.8 Å². The van der Waals surface area contributed by atoms with Crippen LogP contribution in [0.3, 0.4) is 0 Å². The lowest BCUT2D eigenvalue weighted by Crippen LogP contribution is -2.37. The van der Waals surface area contributed by atoms with Gasteiger partial charge in [-0.05, 0) is 79.7 Å². The second kappa shape index (κ2) is 12.3. The first kappa shape index (κ1) is 30.9. The van der Waals surface area contributed by atoms with Gasteiger partial charge in [0, 0.05) is 36.2 Å². The molecule has 3 aromatic carbocycles. The summed E-state index contributed by atoms with van der Waals surface area (Å²) < 4.78 is 56.5. The summed E-state index contributed by atoms with van der Waals surface area (Å²) in [5, 5.41) is 17.7. The third-order valence-corrected chi connectivity index (χ3v) is 7.75. The zero-order chi connectivity index (χ0) is 32.5. The van der Waals surface area contributed by atoms with Crippen LogP contribution in [0, 0.1) is 0 Å². The topological polar surface area (TPSA) is 115 Å². The van der Waals surface area contributed by atoms with Crippen LogP contribution in [-0.2, 0) is 23.9 Å². The Balaban J connectivity index is 1.21. The van der Waals surface area contributed by atoms with Gasteiger partial charge in [0.25, 0.3) is 11.8 Å². The van der Waals surface area contributed by atoms with Crippen LogP contribution in [0.5, 0.6) is 5.75 Å². The average Bonchev–Trinajstić information content (AvgIpc) is 3.54. The highest BCUT2D eigenvalue weighted by Gasteiger charge is 2.32. The third-order valence-electron chi connectivity index (χ3n) is 7.75. The van der Waals surface area contributed by atoms with Crippen molar-refractivity contribution in [2.45, 2.75) is 57.3 Å². The molecule has 0 unspecified atom stereocenters. The van der Waals surface area contributed by atoms with Crippen molar-refractivity contribution in [3.05, 3.63) is 101 Å². The zero-order valence-electron chi connectivity index (χ0n) is 25.1. The van der Waals surface area contributed by atoms with Crippen LogP contribution >= 0.6 is 0 Å². The number of alkyl halides is 3. The Kier molecular flexibility index (Phi) is 8.28. The molecular weight excluding hydrogens is 601 g/mol. The molecule has 0 amide bonds. The zero-order valence-corrected chi connectivity index (χ0v) is 25.1. The van der Waals surface area contributed by atoms with Crippen LogP contribution in [0.25, 0.3) is 22.7 Å². The fraction of sp³-hybridized carbons (Fsp3) is 0.294. The van der Waals surface area contributed by atoms with Crippen LogP contribution in [0.1, 0.15) is 55.1 Å². The fourth-order valence-corrected chi connectivity index (χ4v) is 4.85. The van der Waals surface area contributed by atoms with Crippen molar-refractivity contribution in [3.8, 4) is 28.5 Å². The Labute approximate surface area is 262 Å². The lowest BCUT2D eigenvalue weighted by molar-refractivity contribution is -0.152. The van der Waals surface area contributed by atoms with E-state index >= 15 is 0 Å². The lowest BCUT2D eigenvalue weighted by Gasteiger charge is -2.22. The second-order valence-corrected chi connectivity index (χ2v) is 11.8. The summed E-state index contributed by atoms with van der Waals surface area (Å²) >= 11 is 0. The van der Waals surface area contributed by atoms with E-state index in [1.807, 2.05) is 47.4 Å². The Morgan fingerprint density at radius 1 is 0.935 bits per heavy atom. The van der Waals surface area contributed by atoms with E-state index in [-0.39, 0.29) is 17.4 Å². The summed E-state index contributed by atoms with van der Waals surface area (Å²) in [5.41, 5.74) is 1.56. The molecule has 46 heavy (non-hydrogen) atoms. The summed E-state index contributed by atoms with van der Waals surface area (Å²) in [7, 11) is 0. The van der Waals surface area contributed by atoms with E-state index in [1.54, 1.807) is 12.1 Å². The largest absolute Gasteiger partial charge is 0.478 e. The maximum absolute atomic E-state index is 13.3. The van der Waals surface area contributed by atoms with Crippen molar-refractivity contribution < 1.29 is 36.9 Å². The number of rotatable bonds is 12. The molecule has 5 aromatic rings. The van der Waals surface area contributed by atoms with E-state index in [0.717, 1.165) is 53.1 Å². The number of carboxylic acid groups (broad SMARTS) is 1. The molecule has 2 aromatic heterocycles. The molecule has 1 N–H and O–H groups in total. The number of hydrogen-bond acceptors (Lipinski definition) is 8. The molecule has 0 radical (unpaired) electrons. The molecule has 1 saturated carbocycles. The van der Waals surface area contributed by atoms with Gasteiger partial charge in [-0.2, -0.15) is 18.2 Å². The summed E-state index contributed by atoms with van der Waals surface area (Å²) in [6.07, 6.45) is -1.71. The molecule has 0 atom stereocenters. The number of halogens is 3.